The van der Waals surface area contributed by atoms with Gasteiger partial charge in [0.1, 0.15) is 0 Å². The van der Waals surface area contributed by atoms with Crippen molar-refractivity contribution < 1.29 is 16.8 Å². The SMILES string of the molecule is Cc1ccnc(-c2cc(C)cc(-n3cc(C)cn3)n2)c1.Cc1ccnc(-c2cc(C)cc(-n3cc(C)cn3)n2)c1.[Co+3]. The number of rotatable bonds is 4. The topological polar surface area (TPSA) is 87.2 Å². The van der Waals surface area contributed by atoms with E-state index >= 15 is 0 Å². The Bertz CT molecular complexity index is 1660. The molecule has 0 bridgehead atoms. The molecule has 0 aliphatic carbocycles. The van der Waals surface area contributed by atoms with Crippen molar-refractivity contribution in [2.45, 2.75) is 41.5 Å². The van der Waals surface area contributed by atoms with Crippen LogP contribution in [0, 0.1) is 41.5 Å². The fraction of sp³-hybridized carbons (Fsp3) is 0.188. The van der Waals surface area contributed by atoms with Crippen LogP contribution in [-0.4, -0.2) is 39.5 Å². The minimum absolute atomic E-state index is 0. The average Bonchev–Trinajstić information content (AvgIpc) is 3.57. The first-order valence-electron chi connectivity index (χ1n) is 13.1. The van der Waals surface area contributed by atoms with E-state index < -0.39 is 0 Å². The molecular formula is C32H32CoN8+3. The second-order valence-electron chi connectivity index (χ2n) is 10.1. The van der Waals surface area contributed by atoms with Crippen molar-refractivity contribution in [3.05, 3.63) is 119 Å². The van der Waals surface area contributed by atoms with Crippen LogP contribution in [0.5, 0.6) is 0 Å². The fourth-order valence-electron chi connectivity index (χ4n) is 4.22. The van der Waals surface area contributed by atoms with Crippen LogP contribution < -0.4 is 0 Å². The van der Waals surface area contributed by atoms with E-state index in [2.05, 4.69) is 57.8 Å². The summed E-state index contributed by atoms with van der Waals surface area (Å²) >= 11 is 0. The van der Waals surface area contributed by atoms with Gasteiger partial charge >= 0.3 is 16.8 Å². The minimum atomic E-state index is 0. The summed E-state index contributed by atoms with van der Waals surface area (Å²) in [6.07, 6.45) is 11.2. The van der Waals surface area contributed by atoms with Crippen LogP contribution >= 0.6 is 0 Å². The molecule has 0 saturated carbocycles. The van der Waals surface area contributed by atoms with E-state index in [0.29, 0.717) is 0 Å². The van der Waals surface area contributed by atoms with Crippen LogP contribution in [0.2, 0.25) is 0 Å². The molecule has 0 fully saturated rings. The second kappa shape index (κ2) is 12.8. The molecular weight excluding hydrogens is 555 g/mol. The summed E-state index contributed by atoms with van der Waals surface area (Å²) in [5.41, 5.74) is 10.4. The Kier molecular flexibility index (Phi) is 9.21. The van der Waals surface area contributed by atoms with Gasteiger partial charge in [-0.1, -0.05) is 0 Å². The maximum absolute atomic E-state index is 4.67. The predicted molar refractivity (Wildman–Crippen MR) is 158 cm³/mol. The smallest absolute Gasteiger partial charge is 0.255 e. The second-order valence-corrected chi connectivity index (χ2v) is 10.1. The normalized spacial score (nSPS) is 10.5. The first kappa shape index (κ1) is 29.5. The third kappa shape index (κ3) is 7.39. The zero-order valence-corrected chi connectivity index (χ0v) is 25.0. The van der Waals surface area contributed by atoms with Crippen molar-refractivity contribution in [2.75, 3.05) is 0 Å². The molecule has 0 unspecified atom stereocenters. The molecule has 0 saturated heterocycles. The summed E-state index contributed by atoms with van der Waals surface area (Å²) in [5.74, 6) is 1.63. The van der Waals surface area contributed by atoms with Crippen molar-refractivity contribution in [1.29, 1.82) is 0 Å². The first-order chi connectivity index (χ1) is 19.2. The van der Waals surface area contributed by atoms with Gasteiger partial charge in [-0.05, 0) is 123 Å². The summed E-state index contributed by atoms with van der Waals surface area (Å²) < 4.78 is 3.59. The molecule has 9 heteroatoms. The van der Waals surface area contributed by atoms with Crippen molar-refractivity contribution in [3.63, 3.8) is 0 Å². The van der Waals surface area contributed by atoms with E-state index in [1.165, 1.54) is 11.1 Å². The molecule has 0 spiro atoms. The quantitative estimate of drug-likeness (QED) is 0.234. The van der Waals surface area contributed by atoms with E-state index in [4.69, 9.17) is 0 Å². The molecule has 206 valence electrons. The Labute approximate surface area is 250 Å². The predicted octanol–water partition coefficient (Wildman–Crippen LogP) is 6.51. The Balaban J connectivity index is 0.000000184. The van der Waals surface area contributed by atoms with E-state index in [0.717, 1.165) is 56.7 Å². The Morgan fingerprint density at radius 1 is 0.463 bits per heavy atom. The number of aryl methyl sites for hydroxylation is 6. The monoisotopic (exact) mass is 587 g/mol. The van der Waals surface area contributed by atoms with Crippen LogP contribution in [0.3, 0.4) is 0 Å². The number of hydrogen-bond acceptors (Lipinski definition) is 6. The van der Waals surface area contributed by atoms with Gasteiger partial charge < -0.3 is 0 Å². The van der Waals surface area contributed by atoms with Crippen LogP contribution in [0.25, 0.3) is 34.4 Å². The van der Waals surface area contributed by atoms with Crippen LogP contribution in [-0.2, 0) is 16.8 Å². The van der Waals surface area contributed by atoms with Crippen molar-refractivity contribution in [1.82, 2.24) is 39.5 Å². The van der Waals surface area contributed by atoms with Crippen LogP contribution in [0.15, 0.2) is 85.7 Å². The van der Waals surface area contributed by atoms with Gasteiger partial charge in [-0.25, -0.2) is 19.3 Å². The minimum Gasteiger partial charge on any atom is -0.255 e. The maximum Gasteiger partial charge on any atom is 3.00 e. The molecule has 0 N–H and O–H groups in total. The van der Waals surface area contributed by atoms with Crippen LogP contribution in [0.4, 0.5) is 0 Å². The van der Waals surface area contributed by atoms with E-state index in [9.17, 15) is 0 Å². The molecule has 0 aromatic carbocycles. The Hall–Kier alpha value is -4.47. The third-order valence-electron chi connectivity index (χ3n) is 6.16. The van der Waals surface area contributed by atoms with Gasteiger partial charge in [-0.2, -0.15) is 10.2 Å². The molecule has 0 atom stereocenters. The van der Waals surface area contributed by atoms with Crippen molar-refractivity contribution >= 4 is 0 Å². The number of pyridine rings is 4. The standard InChI is InChI=1S/2C16H16N4.Co/c2*1-11-4-5-17-14(6-11)15-7-12(2)8-16(19-15)20-10-13(3)9-18-20;/h2*4-10H,1-3H3;/q;;+3. The number of nitrogens with zero attached hydrogens (tertiary/aromatic N) is 8. The van der Waals surface area contributed by atoms with Crippen molar-refractivity contribution in [2.24, 2.45) is 0 Å². The third-order valence-corrected chi connectivity index (χ3v) is 6.16. The van der Waals surface area contributed by atoms with Gasteiger partial charge in [0, 0.05) is 24.8 Å². The number of hydrogen-bond donors (Lipinski definition) is 0. The molecule has 41 heavy (non-hydrogen) atoms. The summed E-state index contributed by atoms with van der Waals surface area (Å²) in [6, 6.07) is 16.2. The molecule has 6 aromatic rings. The molecule has 6 rings (SSSR count). The zero-order chi connectivity index (χ0) is 28.2. The molecule has 0 radical (unpaired) electrons. The van der Waals surface area contributed by atoms with Gasteiger partial charge in [0.15, 0.2) is 11.6 Å². The summed E-state index contributed by atoms with van der Waals surface area (Å²) in [7, 11) is 0. The maximum atomic E-state index is 4.67. The molecule has 6 heterocycles. The fourth-order valence-corrected chi connectivity index (χ4v) is 4.22. The number of aromatic nitrogens is 8. The molecule has 8 nitrogen and oxygen atoms in total. The van der Waals surface area contributed by atoms with E-state index in [1.54, 1.807) is 9.36 Å². The summed E-state index contributed by atoms with van der Waals surface area (Å²) in [5, 5.41) is 8.63. The largest absolute Gasteiger partial charge is 3.00 e. The zero-order valence-electron chi connectivity index (χ0n) is 24.0. The van der Waals surface area contributed by atoms with Gasteiger partial charge in [-0.15, -0.1) is 0 Å². The van der Waals surface area contributed by atoms with Gasteiger partial charge in [0.05, 0.1) is 35.2 Å². The first-order valence-corrected chi connectivity index (χ1v) is 13.1. The van der Waals surface area contributed by atoms with Gasteiger partial charge in [0.2, 0.25) is 0 Å². The summed E-state index contributed by atoms with van der Waals surface area (Å²) in [6.45, 7) is 12.3. The summed E-state index contributed by atoms with van der Waals surface area (Å²) in [4.78, 5) is 18.1. The average molecular weight is 588 g/mol. The Morgan fingerprint density at radius 3 is 1.20 bits per heavy atom. The van der Waals surface area contributed by atoms with Crippen molar-refractivity contribution in [3.8, 4) is 34.4 Å². The molecule has 0 aliphatic heterocycles. The van der Waals surface area contributed by atoms with Gasteiger partial charge in [0.25, 0.3) is 0 Å². The van der Waals surface area contributed by atoms with Gasteiger partial charge in [-0.3, -0.25) is 9.97 Å². The van der Waals surface area contributed by atoms with Crippen LogP contribution in [0.1, 0.15) is 33.4 Å². The molecule has 6 aromatic heterocycles. The molecule has 0 aliphatic rings. The molecule has 0 amide bonds. The van der Waals surface area contributed by atoms with E-state index in [1.807, 2.05) is 99.6 Å². The van der Waals surface area contributed by atoms with E-state index in [-0.39, 0.29) is 16.8 Å². The Morgan fingerprint density at radius 2 is 0.854 bits per heavy atom.